The van der Waals surface area contributed by atoms with Crippen LogP contribution in [0.25, 0.3) is 11.4 Å². The molecule has 0 spiro atoms. The predicted octanol–water partition coefficient (Wildman–Crippen LogP) is 2.24. The van der Waals surface area contributed by atoms with Crippen molar-refractivity contribution in [3.8, 4) is 11.4 Å². The molecule has 0 fully saturated rings. The second kappa shape index (κ2) is 6.81. The van der Waals surface area contributed by atoms with E-state index in [1.807, 2.05) is 61.5 Å². The van der Waals surface area contributed by atoms with Crippen molar-refractivity contribution in [1.82, 2.24) is 40.4 Å². The van der Waals surface area contributed by atoms with Crippen molar-refractivity contribution < 1.29 is 0 Å². The maximum atomic E-state index is 4.12. The van der Waals surface area contributed by atoms with Gasteiger partial charge in [0.05, 0.1) is 17.1 Å². The van der Waals surface area contributed by atoms with Crippen LogP contribution in [0.5, 0.6) is 0 Å². The Balaban J connectivity index is 1.58. The highest BCUT2D eigenvalue weighted by Gasteiger charge is 2.14. The lowest BCUT2D eigenvalue weighted by atomic mass is 10.2. The number of aryl methyl sites for hydroxylation is 1. The maximum absolute atomic E-state index is 4.12. The van der Waals surface area contributed by atoms with Gasteiger partial charge in [0.2, 0.25) is 5.16 Å². The lowest BCUT2D eigenvalue weighted by Gasteiger charge is -2.07. The van der Waals surface area contributed by atoms with Gasteiger partial charge in [0, 0.05) is 0 Å². The van der Waals surface area contributed by atoms with E-state index in [1.54, 1.807) is 9.36 Å². The fourth-order valence-electron chi connectivity index (χ4n) is 2.42. The van der Waals surface area contributed by atoms with Gasteiger partial charge in [0.1, 0.15) is 0 Å². The van der Waals surface area contributed by atoms with Gasteiger partial charge in [0.15, 0.2) is 5.82 Å². The zero-order valence-electron chi connectivity index (χ0n) is 13.4. The molecule has 2 aromatic carbocycles. The van der Waals surface area contributed by atoms with Crippen molar-refractivity contribution in [3.05, 3.63) is 66.0 Å². The van der Waals surface area contributed by atoms with Crippen LogP contribution in [0, 0.1) is 6.92 Å². The number of nitrogens with zero attached hydrogens (tertiary/aromatic N) is 8. The molecule has 0 aliphatic heterocycles. The summed E-state index contributed by atoms with van der Waals surface area (Å²) >= 11 is 1.49. The second-order valence-electron chi connectivity index (χ2n) is 5.29. The predicted molar refractivity (Wildman–Crippen MR) is 92.6 cm³/mol. The van der Waals surface area contributed by atoms with Crippen LogP contribution in [-0.4, -0.2) is 40.4 Å². The standard InChI is InChI=1S/C16H14N8S/c1-12-7-5-6-10-14(12)24-16(18-20-22-24)25-11-15-17-19-21-23(15)13-8-3-2-4-9-13/h2-10H,11H2,1H3. The van der Waals surface area contributed by atoms with Gasteiger partial charge >= 0.3 is 0 Å². The van der Waals surface area contributed by atoms with Crippen molar-refractivity contribution in [2.75, 3.05) is 0 Å². The fourth-order valence-corrected chi connectivity index (χ4v) is 3.21. The molecule has 0 aliphatic rings. The molecule has 4 aromatic rings. The van der Waals surface area contributed by atoms with E-state index in [1.165, 1.54) is 11.8 Å². The summed E-state index contributed by atoms with van der Waals surface area (Å²) in [6, 6.07) is 17.8. The van der Waals surface area contributed by atoms with Crippen LogP contribution in [0.3, 0.4) is 0 Å². The average Bonchev–Trinajstić information content (AvgIpc) is 3.30. The minimum absolute atomic E-state index is 0.550. The van der Waals surface area contributed by atoms with Crippen LogP contribution in [-0.2, 0) is 5.75 Å². The number of thioether (sulfide) groups is 1. The Morgan fingerprint density at radius 2 is 1.56 bits per heavy atom. The van der Waals surface area contributed by atoms with Crippen molar-refractivity contribution in [3.63, 3.8) is 0 Å². The van der Waals surface area contributed by atoms with E-state index >= 15 is 0 Å². The first kappa shape index (κ1) is 15.5. The Kier molecular flexibility index (Phi) is 4.21. The Bertz CT molecular complexity index is 978. The summed E-state index contributed by atoms with van der Waals surface area (Å²) in [4.78, 5) is 0. The van der Waals surface area contributed by atoms with Crippen LogP contribution in [0.15, 0.2) is 59.8 Å². The first-order valence-corrected chi connectivity index (χ1v) is 8.61. The Morgan fingerprint density at radius 3 is 2.40 bits per heavy atom. The van der Waals surface area contributed by atoms with E-state index in [4.69, 9.17) is 0 Å². The number of rotatable bonds is 5. The normalized spacial score (nSPS) is 10.9. The first-order chi connectivity index (χ1) is 12.3. The first-order valence-electron chi connectivity index (χ1n) is 7.63. The summed E-state index contributed by atoms with van der Waals surface area (Å²) in [5.74, 6) is 1.28. The molecule has 0 atom stereocenters. The SMILES string of the molecule is Cc1ccccc1-n1nnnc1SCc1nnnn1-c1ccccc1. The van der Waals surface area contributed by atoms with Crippen molar-refractivity contribution in [1.29, 1.82) is 0 Å². The topological polar surface area (TPSA) is 87.2 Å². The lowest BCUT2D eigenvalue weighted by Crippen LogP contribution is -2.04. The zero-order chi connectivity index (χ0) is 17.1. The van der Waals surface area contributed by atoms with E-state index in [-0.39, 0.29) is 0 Å². The monoisotopic (exact) mass is 350 g/mol. The molecule has 2 aromatic heterocycles. The lowest BCUT2D eigenvalue weighted by molar-refractivity contribution is 0.750. The summed E-state index contributed by atoms with van der Waals surface area (Å²) in [6.45, 7) is 2.03. The summed E-state index contributed by atoms with van der Waals surface area (Å²) in [5.41, 5.74) is 2.98. The third-order valence-electron chi connectivity index (χ3n) is 3.65. The molecule has 124 valence electrons. The van der Waals surface area contributed by atoms with Gasteiger partial charge < -0.3 is 0 Å². The molecule has 0 saturated carbocycles. The third kappa shape index (κ3) is 3.13. The molecule has 25 heavy (non-hydrogen) atoms. The molecular formula is C16H14N8S. The quantitative estimate of drug-likeness (QED) is 0.510. The van der Waals surface area contributed by atoms with E-state index in [9.17, 15) is 0 Å². The summed E-state index contributed by atoms with van der Waals surface area (Å²) in [6.07, 6.45) is 0. The maximum Gasteiger partial charge on any atom is 0.214 e. The third-order valence-corrected chi connectivity index (χ3v) is 4.57. The molecule has 0 unspecified atom stereocenters. The van der Waals surface area contributed by atoms with Crippen molar-refractivity contribution in [2.24, 2.45) is 0 Å². The van der Waals surface area contributed by atoms with E-state index in [2.05, 4.69) is 31.1 Å². The van der Waals surface area contributed by atoms with Gasteiger partial charge in [0.25, 0.3) is 0 Å². The largest absolute Gasteiger partial charge is 0.214 e. The molecule has 8 nitrogen and oxygen atoms in total. The molecule has 4 rings (SSSR count). The van der Waals surface area contributed by atoms with Gasteiger partial charge in [-0.05, 0) is 51.5 Å². The summed E-state index contributed by atoms with van der Waals surface area (Å²) in [5, 5.41) is 24.7. The second-order valence-corrected chi connectivity index (χ2v) is 6.23. The molecule has 9 heteroatoms. The zero-order valence-corrected chi connectivity index (χ0v) is 14.2. The number of tetrazole rings is 2. The van der Waals surface area contributed by atoms with E-state index in [0.717, 1.165) is 22.8 Å². The molecular weight excluding hydrogens is 336 g/mol. The van der Waals surface area contributed by atoms with Crippen molar-refractivity contribution >= 4 is 11.8 Å². The van der Waals surface area contributed by atoms with Crippen LogP contribution in [0.2, 0.25) is 0 Å². The van der Waals surface area contributed by atoms with Gasteiger partial charge in [-0.1, -0.05) is 48.2 Å². The van der Waals surface area contributed by atoms with E-state index in [0.29, 0.717) is 10.9 Å². The van der Waals surface area contributed by atoms with Crippen LogP contribution in [0.1, 0.15) is 11.4 Å². The van der Waals surface area contributed by atoms with Gasteiger partial charge in [-0.15, -0.1) is 10.2 Å². The number of benzene rings is 2. The van der Waals surface area contributed by atoms with Crippen molar-refractivity contribution in [2.45, 2.75) is 17.8 Å². The molecule has 0 N–H and O–H groups in total. The summed E-state index contributed by atoms with van der Waals surface area (Å²) in [7, 11) is 0. The van der Waals surface area contributed by atoms with Gasteiger partial charge in [-0.3, -0.25) is 0 Å². The highest BCUT2D eigenvalue weighted by molar-refractivity contribution is 7.98. The smallest absolute Gasteiger partial charge is 0.196 e. The molecule has 0 amide bonds. The Labute approximate surface area is 147 Å². The number of aromatic nitrogens is 8. The van der Waals surface area contributed by atoms with Crippen LogP contribution >= 0.6 is 11.8 Å². The number of hydrogen-bond donors (Lipinski definition) is 0. The molecule has 2 heterocycles. The fraction of sp³-hybridized carbons (Fsp3) is 0.125. The van der Waals surface area contributed by atoms with Crippen LogP contribution in [0.4, 0.5) is 0 Å². The van der Waals surface area contributed by atoms with E-state index < -0.39 is 0 Å². The van der Waals surface area contributed by atoms with Gasteiger partial charge in [-0.25, -0.2) is 0 Å². The minimum Gasteiger partial charge on any atom is -0.196 e. The molecule has 0 saturated heterocycles. The number of hydrogen-bond acceptors (Lipinski definition) is 7. The molecule has 0 aliphatic carbocycles. The Morgan fingerprint density at radius 1 is 0.840 bits per heavy atom. The van der Waals surface area contributed by atoms with Crippen LogP contribution < -0.4 is 0 Å². The highest BCUT2D eigenvalue weighted by Crippen LogP contribution is 2.23. The molecule has 0 radical (unpaired) electrons. The van der Waals surface area contributed by atoms with Gasteiger partial charge in [-0.2, -0.15) is 9.36 Å². The average molecular weight is 350 g/mol. The Hall–Kier alpha value is -3.07. The highest BCUT2D eigenvalue weighted by atomic mass is 32.2. The number of para-hydroxylation sites is 2. The minimum atomic E-state index is 0.550. The summed E-state index contributed by atoms with van der Waals surface area (Å²) < 4.78 is 3.45. The molecule has 0 bridgehead atoms.